The molecule has 0 aliphatic carbocycles. The Morgan fingerprint density at radius 2 is 1.79 bits per heavy atom. The molecule has 1 N–H and O–H groups in total. The van der Waals surface area contributed by atoms with Gasteiger partial charge in [-0.2, -0.15) is 0 Å². The summed E-state index contributed by atoms with van der Waals surface area (Å²) in [4.78, 5) is 34.6. The molecule has 2 heterocycles. The molecule has 2 atom stereocenters. The van der Waals surface area contributed by atoms with Crippen LogP contribution in [0.5, 0.6) is 0 Å². The highest BCUT2D eigenvalue weighted by molar-refractivity contribution is 5.90. The molecular weight excluding hydrogens is 356 g/mol. The molecule has 0 bridgehead atoms. The third kappa shape index (κ3) is 4.85. The monoisotopic (exact) mass is 382 g/mol. The zero-order valence-corrected chi connectivity index (χ0v) is 16.5. The third-order valence-electron chi connectivity index (χ3n) is 4.97. The van der Waals surface area contributed by atoms with E-state index in [1.165, 1.54) is 0 Å². The van der Waals surface area contributed by atoms with Crippen LogP contribution in [-0.2, 0) is 4.74 Å². The van der Waals surface area contributed by atoms with Crippen molar-refractivity contribution in [3.05, 3.63) is 48.5 Å². The average molecular weight is 382 g/mol. The molecule has 148 valence electrons. The lowest BCUT2D eigenvalue weighted by molar-refractivity contribution is 0.0554. The Labute approximate surface area is 165 Å². The van der Waals surface area contributed by atoms with Crippen molar-refractivity contribution in [1.29, 1.82) is 0 Å². The van der Waals surface area contributed by atoms with Gasteiger partial charge in [-0.25, -0.2) is 14.8 Å². The predicted octanol–water partition coefficient (Wildman–Crippen LogP) is 3.13. The van der Waals surface area contributed by atoms with E-state index in [4.69, 9.17) is 4.74 Å². The lowest BCUT2D eigenvalue weighted by atomic mass is 10.1. The SMILES string of the molecule is CC(C)C(C)OC(=O)N1CC[C@@H](NC(=O)c2ncc(-c3ccccc3)cn2)C1. The summed E-state index contributed by atoms with van der Waals surface area (Å²) >= 11 is 0. The van der Waals surface area contributed by atoms with Crippen LogP contribution >= 0.6 is 0 Å². The zero-order valence-electron chi connectivity index (χ0n) is 16.5. The maximum absolute atomic E-state index is 12.4. The molecule has 3 rings (SSSR count). The van der Waals surface area contributed by atoms with E-state index >= 15 is 0 Å². The number of hydrogen-bond donors (Lipinski definition) is 1. The maximum atomic E-state index is 12.4. The molecule has 0 spiro atoms. The van der Waals surface area contributed by atoms with E-state index in [-0.39, 0.29) is 35.9 Å². The van der Waals surface area contributed by atoms with Gasteiger partial charge in [-0.05, 0) is 24.8 Å². The fourth-order valence-corrected chi connectivity index (χ4v) is 2.89. The van der Waals surface area contributed by atoms with Crippen LogP contribution in [0.25, 0.3) is 11.1 Å². The number of carbonyl (C=O) groups excluding carboxylic acids is 2. The number of nitrogens with zero attached hydrogens (tertiary/aromatic N) is 3. The van der Waals surface area contributed by atoms with Crippen molar-refractivity contribution < 1.29 is 14.3 Å². The first-order valence-electron chi connectivity index (χ1n) is 9.58. The Hall–Kier alpha value is -2.96. The van der Waals surface area contributed by atoms with Crippen LogP contribution in [0, 0.1) is 5.92 Å². The molecule has 7 nitrogen and oxygen atoms in total. The first-order chi connectivity index (χ1) is 13.4. The number of hydrogen-bond acceptors (Lipinski definition) is 5. The van der Waals surface area contributed by atoms with Gasteiger partial charge in [-0.3, -0.25) is 4.79 Å². The summed E-state index contributed by atoms with van der Waals surface area (Å²) in [6.45, 7) is 6.89. The summed E-state index contributed by atoms with van der Waals surface area (Å²) in [5, 5.41) is 2.90. The van der Waals surface area contributed by atoms with E-state index in [0.29, 0.717) is 19.5 Å². The average Bonchev–Trinajstić information content (AvgIpc) is 3.17. The molecule has 28 heavy (non-hydrogen) atoms. The molecule has 7 heteroatoms. The summed E-state index contributed by atoms with van der Waals surface area (Å²) in [6, 6.07) is 9.61. The smallest absolute Gasteiger partial charge is 0.410 e. The molecule has 1 aliphatic heterocycles. The van der Waals surface area contributed by atoms with E-state index in [0.717, 1.165) is 11.1 Å². The first kappa shape index (κ1) is 19.8. The number of rotatable bonds is 5. The fourth-order valence-electron chi connectivity index (χ4n) is 2.89. The van der Waals surface area contributed by atoms with Crippen LogP contribution in [0.1, 0.15) is 37.8 Å². The highest BCUT2D eigenvalue weighted by atomic mass is 16.6. The van der Waals surface area contributed by atoms with Crippen LogP contribution in [-0.4, -0.2) is 52.1 Å². The van der Waals surface area contributed by atoms with Gasteiger partial charge in [0.1, 0.15) is 6.10 Å². The maximum Gasteiger partial charge on any atom is 0.410 e. The number of likely N-dealkylation sites (tertiary alicyclic amines) is 1. The minimum absolute atomic E-state index is 0.120. The summed E-state index contributed by atoms with van der Waals surface area (Å²) in [5.74, 6) is 0.0441. The van der Waals surface area contributed by atoms with Gasteiger partial charge in [0.2, 0.25) is 5.82 Å². The Balaban J connectivity index is 1.53. The van der Waals surface area contributed by atoms with Gasteiger partial charge >= 0.3 is 6.09 Å². The number of aromatic nitrogens is 2. The first-order valence-corrected chi connectivity index (χ1v) is 9.58. The number of nitrogens with one attached hydrogen (secondary N) is 1. The summed E-state index contributed by atoms with van der Waals surface area (Å²) in [7, 11) is 0. The number of amides is 2. The van der Waals surface area contributed by atoms with Crippen LogP contribution in [0.4, 0.5) is 4.79 Å². The van der Waals surface area contributed by atoms with Crippen molar-refractivity contribution in [3.8, 4) is 11.1 Å². The Morgan fingerprint density at radius 1 is 1.11 bits per heavy atom. The van der Waals surface area contributed by atoms with Crippen molar-refractivity contribution in [3.63, 3.8) is 0 Å². The Morgan fingerprint density at radius 3 is 2.43 bits per heavy atom. The standard InChI is InChI=1S/C21H26N4O3/c1-14(2)15(3)28-21(27)25-10-9-18(13-25)24-20(26)19-22-11-17(12-23-19)16-7-5-4-6-8-16/h4-8,11-12,14-15,18H,9-10,13H2,1-3H3,(H,24,26)/t15?,18-/m1/s1. The third-order valence-corrected chi connectivity index (χ3v) is 4.97. The summed E-state index contributed by atoms with van der Waals surface area (Å²) < 4.78 is 5.44. The van der Waals surface area contributed by atoms with Crippen molar-refractivity contribution in [2.24, 2.45) is 5.92 Å². The van der Waals surface area contributed by atoms with Gasteiger partial charge < -0.3 is 15.0 Å². The molecule has 1 unspecified atom stereocenters. The van der Waals surface area contributed by atoms with Gasteiger partial charge in [-0.15, -0.1) is 0 Å². The molecule has 0 saturated carbocycles. The van der Waals surface area contributed by atoms with E-state index in [9.17, 15) is 9.59 Å². The second-order valence-corrected chi connectivity index (χ2v) is 7.40. The van der Waals surface area contributed by atoms with Crippen molar-refractivity contribution in [2.45, 2.75) is 39.3 Å². The molecule has 1 aromatic carbocycles. The van der Waals surface area contributed by atoms with Gasteiger partial charge in [0.15, 0.2) is 0 Å². The molecule has 0 radical (unpaired) electrons. The molecule has 2 aromatic rings. The summed E-state index contributed by atoms with van der Waals surface area (Å²) in [6.07, 6.45) is 3.49. The summed E-state index contributed by atoms with van der Waals surface area (Å²) in [5.41, 5.74) is 1.85. The topological polar surface area (TPSA) is 84.4 Å². The van der Waals surface area contributed by atoms with Crippen LogP contribution in [0.15, 0.2) is 42.7 Å². The number of carbonyl (C=O) groups is 2. The lowest BCUT2D eigenvalue weighted by Crippen LogP contribution is -2.40. The minimum atomic E-state index is -0.338. The Bertz CT molecular complexity index is 808. The van der Waals surface area contributed by atoms with Gasteiger partial charge in [-0.1, -0.05) is 44.2 Å². The lowest BCUT2D eigenvalue weighted by Gasteiger charge is -2.22. The van der Waals surface area contributed by atoms with Crippen molar-refractivity contribution in [2.75, 3.05) is 13.1 Å². The van der Waals surface area contributed by atoms with E-state index in [1.807, 2.05) is 51.1 Å². The van der Waals surface area contributed by atoms with Gasteiger partial charge in [0, 0.05) is 37.1 Å². The predicted molar refractivity (Wildman–Crippen MR) is 106 cm³/mol. The quantitative estimate of drug-likeness (QED) is 0.859. The zero-order chi connectivity index (χ0) is 20.1. The van der Waals surface area contributed by atoms with E-state index in [1.54, 1.807) is 17.3 Å². The molecule has 2 amide bonds. The molecule has 1 saturated heterocycles. The molecular formula is C21H26N4O3. The van der Waals surface area contributed by atoms with Crippen LogP contribution < -0.4 is 5.32 Å². The minimum Gasteiger partial charge on any atom is -0.446 e. The molecule has 1 aliphatic rings. The fraction of sp³-hybridized carbons (Fsp3) is 0.429. The number of ether oxygens (including phenoxy) is 1. The van der Waals surface area contributed by atoms with Crippen LogP contribution in [0.2, 0.25) is 0 Å². The molecule has 1 fully saturated rings. The van der Waals surface area contributed by atoms with E-state index < -0.39 is 0 Å². The van der Waals surface area contributed by atoms with Crippen molar-refractivity contribution >= 4 is 12.0 Å². The largest absolute Gasteiger partial charge is 0.446 e. The highest BCUT2D eigenvalue weighted by Gasteiger charge is 2.30. The Kier molecular flexibility index (Phi) is 6.23. The van der Waals surface area contributed by atoms with Crippen LogP contribution in [0.3, 0.4) is 0 Å². The second-order valence-electron chi connectivity index (χ2n) is 7.40. The van der Waals surface area contributed by atoms with Gasteiger partial charge in [0.25, 0.3) is 5.91 Å². The molecule has 1 aromatic heterocycles. The van der Waals surface area contributed by atoms with E-state index in [2.05, 4.69) is 15.3 Å². The van der Waals surface area contributed by atoms with Crippen molar-refractivity contribution in [1.82, 2.24) is 20.2 Å². The number of benzene rings is 1. The normalized spacial score (nSPS) is 17.4. The highest BCUT2D eigenvalue weighted by Crippen LogP contribution is 2.17. The van der Waals surface area contributed by atoms with Gasteiger partial charge in [0.05, 0.1) is 0 Å². The second kappa shape index (κ2) is 8.82.